The van der Waals surface area contributed by atoms with Gasteiger partial charge in [-0.25, -0.2) is 4.39 Å². The molecule has 0 amide bonds. The predicted molar refractivity (Wildman–Crippen MR) is 80.2 cm³/mol. The lowest BCUT2D eigenvalue weighted by atomic mass is 10.1. The van der Waals surface area contributed by atoms with Crippen molar-refractivity contribution in [1.29, 1.82) is 0 Å². The van der Waals surface area contributed by atoms with E-state index in [1.807, 2.05) is 6.92 Å². The minimum Gasteiger partial charge on any atom is -0.497 e. The summed E-state index contributed by atoms with van der Waals surface area (Å²) in [4.78, 5) is 2.22. The topological polar surface area (TPSA) is 50.4 Å². The van der Waals surface area contributed by atoms with Gasteiger partial charge in [-0.1, -0.05) is 6.07 Å². The molecule has 1 atom stereocenters. The van der Waals surface area contributed by atoms with Crippen LogP contribution < -0.4 is 4.74 Å². The van der Waals surface area contributed by atoms with Crippen molar-refractivity contribution in [3.8, 4) is 5.75 Å². The first kappa shape index (κ1) is 15.0. The van der Waals surface area contributed by atoms with Gasteiger partial charge in [0.1, 0.15) is 11.6 Å². The Balaban J connectivity index is 1.81. The van der Waals surface area contributed by atoms with Crippen molar-refractivity contribution >= 4 is 0 Å². The first-order valence-electron chi connectivity index (χ1n) is 7.33. The standard InChI is InChI=1S/C16H20FN3O2/c1-11-8-18-19-16(11)15-10-22-6-5-20(15)9-12-3-4-13(21-2)7-14(12)17/h3-4,7-8,15H,5-6,9-10H2,1-2H3,(H,18,19). The van der Waals surface area contributed by atoms with Crippen molar-refractivity contribution in [3.63, 3.8) is 0 Å². The van der Waals surface area contributed by atoms with E-state index < -0.39 is 0 Å². The van der Waals surface area contributed by atoms with Crippen molar-refractivity contribution in [2.45, 2.75) is 19.5 Å². The summed E-state index contributed by atoms with van der Waals surface area (Å²) in [5.74, 6) is 0.287. The second-order valence-corrected chi connectivity index (χ2v) is 5.49. The number of nitrogens with zero attached hydrogens (tertiary/aromatic N) is 2. The van der Waals surface area contributed by atoms with Gasteiger partial charge in [-0.2, -0.15) is 5.10 Å². The van der Waals surface area contributed by atoms with E-state index in [4.69, 9.17) is 9.47 Å². The average molecular weight is 305 g/mol. The van der Waals surface area contributed by atoms with Gasteiger partial charge in [-0.05, 0) is 18.6 Å². The summed E-state index contributed by atoms with van der Waals surface area (Å²) < 4.78 is 24.8. The average Bonchev–Trinajstić information content (AvgIpc) is 2.96. The maximum Gasteiger partial charge on any atom is 0.131 e. The van der Waals surface area contributed by atoms with Crippen molar-refractivity contribution in [3.05, 3.63) is 47.0 Å². The van der Waals surface area contributed by atoms with Crippen LogP contribution in [0.5, 0.6) is 5.75 Å². The fourth-order valence-electron chi connectivity index (χ4n) is 2.79. The van der Waals surface area contributed by atoms with Crippen molar-refractivity contribution in [1.82, 2.24) is 15.1 Å². The van der Waals surface area contributed by atoms with E-state index in [1.54, 1.807) is 18.3 Å². The molecule has 2 heterocycles. The third kappa shape index (κ3) is 2.98. The molecule has 1 saturated heterocycles. The summed E-state index contributed by atoms with van der Waals surface area (Å²) in [5.41, 5.74) is 2.79. The summed E-state index contributed by atoms with van der Waals surface area (Å²) in [7, 11) is 1.54. The summed E-state index contributed by atoms with van der Waals surface area (Å²) >= 11 is 0. The number of benzene rings is 1. The Kier molecular flexibility index (Phi) is 4.40. The fourth-order valence-corrected chi connectivity index (χ4v) is 2.79. The normalized spacial score (nSPS) is 19.3. The zero-order valence-electron chi connectivity index (χ0n) is 12.8. The SMILES string of the molecule is COc1ccc(CN2CCOCC2c2[nH]ncc2C)c(F)c1. The highest BCUT2D eigenvalue weighted by Gasteiger charge is 2.27. The molecule has 6 heteroatoms. The summed E-state index contributed by atoms with van der Waals surface area (Å²) in [6.07, 6.45) is 1.80. The van der Waals surface area contributed by atoms with Gasteiger partial charge in [-0.15, -0.1) is 0 Å². The number of rotatable bonds is 4. The number of aryl methyl sites for hydroxylation is 1. The Labute approximate surface area is 129 Å². The predicted octanol–water partition coefficient (Wildman–Crippen LogP) is 2.44. The van der Waals surface area contributed by atoms with Crippen LogP contribution in [-0.2, 0) is 11.3 Å². The van der Waals surface area contributed by atoms with Crippen molar-refractivity contribution in [2.24, 2.45) is 0 Å². The zero-order chi connectivity index (χ0) is 15.5. The number of methoxy groups -OCH3 is 1. The molecule has 1 aromatic carbocycles. The van der Waals surface area contributed by atoms with Crippen LogP contribution in [0, 0.1) is 12.7 Å². The number of morpholine rings is 1. The van der Waals surface area contributed by atoms with Crippen LogP contribution in [-0.4, -0.2) is 42.0 Å². The van der Waals surface area contributed by atoms with Gasteiger partial charge in [0.15, 0.2) is 0 Å². The van der Waals surface area contributed by atoms with Gasteiger partial charge in [0, 0.05) is 24.7 Å². The first-order valence-corrected chi connectivity index (χ1v) is 7.33. The Hall–Kier alpha value is -1.92. The number of ether oxygens (including phenoxy) is 2. The number of nitrogens with one attached hydrogen (secondary N) is 1. The van der Waals surface area contributed by atoms with E-state index in [0.717, 1.165) is 17.8 Å². The fraction of sp³-hybridized carbons (Fsp3) is 0.438. The van der Waals surface area contributed by atoms with Crippen LogP contribution in [0.15, 0.2) is 24.4 Å². The molecule has 0 aliphatic carbocycles. The molecule has 1 fully saturated rings. The van der Waals surface area contributed by atoms with Gasteiger partial charge in [0.25, 0.3) is 0 Å². The highest BCUT2D eigenvalue weighted by atomic mass is 19.1. The van der Waals surface area contributed by atoms with Crippen LogP contribution >= 0.6 is 0 Å². The number of hydrogen-bond donors (Lipinski definition) is 1. The summed E-state index contributed by atoms with van der Waals surface area (Å²) in [6.45, 7) is 4.54. The van der Waals surface area contributed by atoms with E-state index >= 15 is 0 Å². The maximum atomic E-state index is 14.2. The molecule has 1 aliphatic rings. The van der Waals surface area contributed by atoms with Crippen LogP contribution in [0.1, 0.15) is 22.9 Å². The molecule has 118 valence electrons. The quantitative estimate of drug-likeness (QED) is 0.942. The molecule has 1 N–H and O–H groups in total. The van der Waals surface area contributed by atoms with Gasteiger partial charge in [0.05, 0.1) is 38.3 Å². The maximum absolute atomic E-state index is 14.2. The first-order chi connectivity index (χ1) is 10.7. The second kappa shape index (κ2) is 6.46. The number of hydrogen-bond acceptors (Lipinski definition) is 4. The second-order valence-electron chi connectivity index (χ2n) is 5.49. The van der Waals surface area contributed by atoms with E-state index in [9.17, 15) is 4.39 Å². The molecule has 3 rings (SSSR count). The Morgan fingerprint density at radius 3 is 3.05 bits per heavy atom. The van der Waals surface area contributed by atoms with Crippen molar-refractivity contribution < 1.29 is 13.9 Å². The molecule has 1 aromatic heterocycles. The molecule has 1 unspecified atom stereocenters. The minimum absolute atomic E-state index is 0.0674. The van der Waals surface area contributed by atoms with E-state index in [-0.39, 0.29) is 11.9 Å². The summed E-state index contributed by atoms with van der Waals surface area (Å²) in [6, 6.07) is 5.06. The molecule has 0 radical (unpaired) electrons. The zero-order valence-corrected chi connectivity index (χ0v) is 12.8. The number of H-pyrrole nitrogens is 1. The van der Waals surface area contributed by atoms with Crippen molar-refractivity contribution in [2.75, 3.05) is 26.9 Å². The summed E-state index contributed by atoms with van der Waals surface area (Å²) in [5, 5.41) is 7.12. The lowest BCUT2D eigenvalue weighted by Gasteiger charge is -2.35. The monoisotopic (exact) mass is 305 g/mol. The highest BCUT2D eigenvalue weighted by Crippen LogP contribution is 2.27. The Bertz CT molecular complexity index is 644. The highest BCUT2D eigenvalue weighted by molar-refractivity contribution is 5.29. The molecule has 2 aromatic rings. The lowest BCUT2D eigenvalue weighted by Crippen LogP contribution is -2.39. The molecule has 0 spiro atoms. The van der Waals surface area contributed by atoms with Gasteiger partial charge in [0.2, 0.25) is 0 Å². The van der Waals surface area contributed by atoms with E-state index in [2.05, 4.69) is 15.1 Å². The number of aromatic amines is 1. The van der Waals surface area contributed by atoms with Crippen LogP contribution in [0.2, 0.25) is 0 Å². The molecular weight excluding hydrogens is 285 g/mol. The molecular formula is C16H20FN3O2. The molecule has 22 heavy (non-hydrogen) atoms. The van der Waals surface area contributed by atoms with Crippen LogP contribution in [0.4, 0.5) is 4.39 Å². The van der Waals surface area contributed by atoms with Gasteiger partial charge in [-0.3, -0.25) is 10.00 Å². The van der Waals surface area contributed by atoms with Crippen LogP contribution in [0.25, 0.3) is 0 Å². The third-order valence-corrected chi connectivity index (χ3v) is 4.07. The van der Waals surface area contributed by atoms with E-state index in [0.29, 0.717) is 31.1 Å². The Morgan fingerprint density at radius 1 is 1.50 bits per heavy atom. The van der Waals surface area contributed by atoms with Crippen LogP contribution in [0.3, 0.4) is 0 Å². The third-order valence-electron chi connectivity index (χ3n) is 4.07. The Morgan fingerprint density at radius 2 is 2.36 bits per heavy atom. The molecule has 0 bridgehead atoms. The number of aromatic nitrogens is 2. The molecule has 0 saturated carbocycles. The molecule has 5 nitrogen and oxygen atoms in total. The largest absolute Gasteiger partial charge is 0.497 e. The smallest absolute Gasteiger partial charge is 0.131 e. The van der Waals surface area contributed by atoms with Gasteiger partial charge >= 0.3 is 0 Å². The molecule has 1 aliphatic heterocycles. The van der Waals surface area contributed by atoms with Gasteiger partial charge < -0.3 is 9.47 Å². The minimum atomic E-state index is -0.245. The lowest BCUT2D eigenvalue weighted by molar-refractivity contribution is -0.0149. The van der Waals surface area contributed by atoms with E-state index in [1.165, 1.54) is 13.2 Å². The number of halogens is 1.